The lowest BCUT2D eigenvalue weighted by molar-refractivity contribution is -0.123. The zero-order valence-electron chi connectivity index (χ0n) is 11.7. The van der Waals surface area contributed by atoms with Crippen molar-refractivity contribution in [2.45, 2.75) is 26.0 Å². The molecule has 0 bridgehead atoms. The number of amides is 1. The van der Waals surface area contributed by atoms with E-state index in [1.165, 1.54) is 18.2 Å². The van der Waals surface area contributed by atoms with Crippen LogP contribution in [0.4, 0.5) is 15.8 Å². The molecular weight excluding hydrogens is 261 g/mol. The van der Waals surface area contributed by atoms with Crippen molar-refractivity contribution in [3.05, 3.63) is 24.0 Å². The van der Waals surface area contributed by atoms with Crippen LogP contribution in [0.3, 0.4) is 0 Å². The monoisotopic (exact) mass is 281 g/mol. The van der Waals surface area contributed by atoms with Gasteiger partial charge in [0.1, 0.15) is 5.82 Å². The molecule has 20 heavy (non-hydrogen) atoms. The van der Waals surface area contributed by atoms with Crippen molar-refractivity contribution in [1.29, 1.82) is 0 Å². The summed E-state index contributed by atoms with van der Waals surface area (Å²) in [6.45, 7) is 5.75. The summed E-state index contributed by atoms with van der Waals surface area (Å²) in [7, 11) is 0. The number of nitrogens with one attached hydrogen (secondary N) is 1. The predicted molar refractivity (Wildman–Crippen MR) is 75.9 cm³/mol. The zero-order valence-corrected chi connectivity index (χ0v) is 11.7. The highest BCUT2D eigenvalue weighted by molar-refractivity contribution is 5.95. The van der Waals surface area contributed by atoms with E-state index < -0.39 is 5.82 Å². The van der Waals surface area contributed by atoms with Gasteiger partial charge in [0.2, 0.25) is 5.91 Å². The van der Waals surface area contributed by atoms with Gasteiger partial charge in [-0.15, -0.1) is 0 Å². The van der Waals surface area contributed by atoms with Gasteiger partial charge in [0.15, 0.2) is 0 Å². The van der Waals surface area contributed by atoms with Gasteiger partial charge in [0.05, 0.1) is 24.4 Å². The van der Waals surface area contributed by atoms with E-state index in [1.54, 1.807) is 6.92 Å². The second-order valence-electron chi connectivity index (χ2n) is 5.08. The van der Waals surface area contributed by atoms with Crippen LogP contribution in [0.5, 0.6) is 0 Å². The van der Waals surface area contributed by atoms with Gasteiger partial charge in [-0.25, -0.2) is 4.39 Å². The van der Waals surface area contributed by atoms with Crippen LogP contribution in [0.25, 0.3) is 0 Å². The first kappa shape index (κ1) is 14.7. The fourth-order valence-corrected chi connectivity index (χ4v) is 2.24. The van der Waals surface area contributed by atoms with Gasteiger partial charge in [0.25, 0.3) is 0 Å². The number of ether oxygens (including phenoxy) is 1. The molecule has 0 spiro atoms. The Morgan fingerprint density at radius 2 is 2.35 bits per heavy atom. The molecule has 1 fully saturated rings. The SMILES string of the molecule is CC1CN(C(C)C(=O)Nc2cc(N)ccc2F)CCO1. The molecule has 0 aromatic heterocycles. The fraction of sp³-hybridized carbons (Fsp3) is 0.500. The van der Waals surface area contributed by atoms with Crippen molar-refractivity contribution in [1.82, 2.24) is 4.90 Å². The van der Waals surface area contributed by atoms with Crippen LogP contribution >= 0.6 is 0 Å². The Hall–Kier alpha value is -1.66. The maximum Gasteiger partial charge on any atom is 0.241 e. The molecule has 1 saturated heterocycles. The number of benzene rings is 1. The molecule has 6 heteroatoms. The number of nitrogens with two attached hydrogens (primary N) is 1. The molecule has 1 heterocycles. The second-order valence-corrected chi connectivity index (χ2v) is 5.08. The maximum atomic E-state index is 13.6. The molecule has 3 N–H and O–H groups in total. The Labute approximate surface area is 117 Å². The first-order valence-corrected chi connectivity index (χ1v) is 6.69. The highest BCUT2D eigenvalue weighted by Crippen LogP contribution is 2.18. The van der Waals surface area contributed by atoms with E-state index in [9.17, 15) is 9.18 Å². The molecule has 1 amide bonds. The van der Waals surface area contributed by atoms with Crippen LogP contribution in [0.15, 0.2) is 18.2 Å². The Kier molecular flexibility index (Phi) is 4.57. The Morgan fingerprint density at radius 3 is 3.05 bits per heavy atom. The fourth-order valence-electron chi connectivity index (χ4n) is 2.24. The minimum Gasteiger partial charge on any atom is -0.399 e. The van der Waals surface area contributed by atoms with Crippen LogP contribution in [0.2, 0.25) is 0 Å². The Bertz CT molecular complexity index is 495. The molecule has 5 nitrogen and oxygen atoms in total. The number of nitrogen functional groups attached to an aromatic ring is 1. The van der Waals surface area contributed by atoms with Crippen molar-refractivity contribution in [2.24, 2.45) is 0 Å². The lowest BCUT2D eigenvalue weighted by Crippen LogP contribution is -2.50. The third-order valence-corrected chi connectivity index (χ3v) is 3.45. The standard InChI is InChI=1S/C14H20FN3O2/c1-9-8-18(5-6-20-9)10(2)14(19)17-13-7-11(16)3-4-12(13)15/h3-4,7,9-10H,5-6,8,16H2,1-2H3,(H,17,19). The zero-order chi connectivity index (χ0) is 14.7. The highest BCUT2D eigenvalue weighted by atomic mass is 19.1. The normalized spacial score (nSPS) is 21.4. The molecular formula is C14H20FN3O2. The molecule has 0 saturated carbocycles. The summed E-state index contributed by atoms with van der Waals surface area (Å²) in [5, 5.41) is 2.59. The van der Waals surface area contributed by atoms with Crippen molar-refractivity contribution in [2.75, 3.05) is 30.7 Å². The van der Waals surface area contributed by atoms with Crippen LogP contribution in [0.1, 0.15) is 13.8 Å². The van der Waals surface area contributed by atoms with Gasteiger partial charge in [-0.05, 0) is 32.0 Å². The van der Waals surface area contributed by atoms with E-state index >= 15 is 0 Å². The van der Waals surface area contributed by atoms with Crippen LogP contribution in [-0.4, -0.2) is 42.6 Å². The van der Waals surface area contributed by atoms with Gasteiger partial charge in [-0.1, -0.05) is 0 Å². The van der Waals surface area contributed by atoms with Crippen molar-refractivity contribution in [3.8, 4) is 0 Å². The summed E-state index contributed by atoms with van der Waals surface area (Å²) in [6, 6.07) is 3.77. The highest BCUT2D eigenvalue weighted by Gasteiger charge is 2.26. The molecule has 0 radical (unpaired) electrons. The maximum absolute atomic E-state index is 13.6. The predicted octanol–water partition coefficient (Wildman–Crippen LogP) is 1.46. The van der Waals surface area contributed by atoms with E-state index in [2.05, 4.69) is 5.32 Å². The molecule has 1 aromatic carbocycles. The second kappa shape index (κ2) is 6.19. The van der Waals surface area contributed by atoms with Crippen molar-refractivity contribution in [3.63, 3.8) is 0 Å². The van der Waals surface area contributed by atoms with Gasteiger partial charge in [-0.3, -0.25) is 9.69 Å². The summed E-state index contributed by atoms with van der Waals surface area (Å²) in [5.74, 6) is -0.737. The van der Waals surface area contributed by atoms with Gasteiger partial charge < -0.3 is 15.8 Å². The third kappa shape index (κ3) is 3.46. The molecule has 2 unspecified atom stereocenters. The van der Waals surface area contributed by atoms with Crippen LogP contribution in [0, 0.1) is 5.82 Å². The number of halogens is 1. The quantitative estimate of drug-likeness (QED) is 0.823. The molecule has 2 atom stereocenters. The lowest BCUT2D eigenvalue weighted by atomic mass is 10.2. The Morgan fingerprint density at radius 1 is 1.60 bits per heavy atom. The van der Waals surface area contributed by atoms with E-state index in [-0.39, 0.29) is 23.7 Å². The molecule has 0 aliphatic carbocycles. The number of hydrogen-bond donors (Lipinski definition) is 2. The van der Waals surface area contributed by atoms with Crippen molar-refractivity contribution < 1.29 is 13.9 Å². The smallest absolute Gasteiger partial charge is 0.241 e. The van der Waals surface area contributed by atoms with E-state index in [4.69, 9.17) is 10.5 Å². The number of rotatable bonds is 3. The van der Waals surface area contributed by atoms with E-state index in [1.807, 2.05) is 11.8 Å². The Balaban J connectivity index is 2.02. The number of anilines is 2. The molecule has 1 aliphatic rings. The minimum atomic E-state index is -0.491. The summed E-state index contributed by atoms with van der Waals surface area (Å²) >= 11 is 0. The summed E-state index contributed by atoms with van der Waals surface area (Å²) in [5.41, 5.74) is 6.12. The summed E-state index contributed by atoms with van der Waals surface area (Å²) < 4.78 is 19.0. The van der Waals surface area contributed by atoms with E-state index in [0.29, 0.717) is 25.4 Å². The average molecular weight is 281 g/mol. The van der Waals surface area contributed by atoms with Gasteiger partial charge in [0, 0.05) is 18.8 Å². The summed E-state index contributed by atoms with van der Waals surface area (Å²) in [4.78, 5) is 14.2. The number of carbonyl (C=O) groups excluding carboxylic acids is 1. The molecule has 1 aromatic rings. The first-order valence-electron chi connectivity index (χ1n) is 6.69. The molecule has 110 valence electrons. The third-order valence-electron chi connectivity index (χ3n) is 3.45. The van der Waals surface area contributed by atoms with E-state index in [0.717, 1.165) is 0 Å². The number of nitrogens with zero attached hydrogens (tertiary/aromatic N) is 1. The van der Waals surface area contributed by atoms with Crippen LogP contribution in [-0.2, 0) is 9.53 Å². The van der Waals surface area contributed by atoms with Gasteiger partial charge in [-0.2, -0.15) is 0 Å². The first-order chi connectivity index (χ1) is 9.47. The average Bonchev–Trinajstić information content (AvgIpc) is 2.42. The number of hydrogen-bond acceptors (Lipinski definition) is 4. The van der Waals surface area contributed by atoms with Gasteiger partial charge >= 0.3 is 0 Å². The topological polar surface area (TPSA) is 67.6 Å². The number of carbonyl (C=O) groups is 1. The lowest BCUT2D eigenvalue weighted by Gasteiger charge is -2.34. The summed E-state index contributed by atoms with van der Waals surface area (Å²) in [6.07, 6.45) is 0.100. The molecule has 1 aliphatic heterocycles. The number of morpholine rings is 1. The molecule has 2 rings (SSSR count). The minimum absolute atomic E-state index is 0.100. The van der Waals surface area contributed by atoms with Crippen molar-refractivity contribution >= 4 is 17.3 Å². The largest absolute Gasteiger partial charge is 0.399 e. The van der Waals surface area contributed by atoms with Crippen LogP contribution < -0.4 is 11.1 Å².